The van der Waals surface area contributed by atoms with Crippen LogP contribution in [0.15, 0.2) is 53.5 Å². The predicted molar refractivity (Wildman–Crippen MR) is 116 cm³/mol. The fraction of sp³-hybridized carbons (Fsp3) is 0.348. The van der Waals surface area contributed by atoms with Crippen LogP contribution in [0.2, 0.25) is 0 Å². The Balaban J connectivity index is 1.87. The average Bonchev–Trinajstić information content (AvgIpc) is 2.76. The van der Waals surface area contributed by atoms with Crippen molar-refractivity contribution >= 4 is 16.9 Å². The maximum atomic E-state index is 14.2. The van der Waals surface area contributed by atoms with Gasteiger partial charge in [0, 0.05) is 23.7 Å². The van der Waals surface area contributed by atoms with E-state index in [2.05, 4.69) is 29.0 Å². The maximum Gasteiger partial charge on any atom is 0.265 e. The second kappa shape index (κ2) is 10.1. The molecule has 1 aromatic carbocycles. The number of aromatic nitrogens is 2. The molecule has 30 heavy (non-hydrogen) atoms. The fourth-order valence-corrected chi connectivity index (χ4v) is 3.45. The van der Waals surface area contributed by atoms with Gasteiger partial charge in [-0.3, -0.25) is 14.2 Å². The van der Waals surface area contributed by atoms with Crippen LogP contribution >= 0.6 is 0 Å². The summed E-state index contributed by atoms with van der Waals surface area (Å²) in [6.07, 6.45) is 2.37. The number of hydrogen-bond acceptors (Lipinski definition) is 4. The number of halogens is 1. The van der Waals surface area contributed by atoms with Gasteiger partial charge in [0.25, 0.3) is 11.5 Å². The van der Waals surface area contributed by atoms with E-state index in [0.29, 0.717) is 23.1 Å². The van der Waals surface area contributed by atoms with E-state index in [1.807, 2.05) is 0 Å². The minimum atomic E-state index is -0.481. The van der Waals surface area contributed by atoms with Gasteiger partial charge < -0.3 is 10.2 Å². The van der Waals surface area contributed by atoms with E-state index in [1.165, 1.54) is 10.6 Å². The molecule has 0 fully saturated rings. The van der Waals surface area contributed by atoms with Crippen molar-refractivity contribution in [2.75, 3.05) is 26.2 Å². The Morgan fingerprint density at radius 1 is 1.17 bits per heavy atom. The lowest BCUT2D eigenvalue weighted by Crippen LogP contribution is -2.35. The summed E-state index contributed by atoms with van der Waals surface area (Å²) in [7, 11) is 0. The van der Waals surface area contributed by atoms with Crippen LogP contribution in [-0.4, -0.2) is 46.5 Å². The molecule has 2 aromatic heterocycles. The Bertz CT molecular complexity index is 1080. The number of carbonyl (C=O) groups excluding carboxylic acids is 1. The minimum Gasteiger partial charge on any atom is -0.352 e. The van der Waals surface area contributed by atoms with Crippen LogP contribution in [0.1, 0.15) is 36.2 Å². The van der Waals surface area contributed by atoms with E-state index >= 15 is 0 Å². The third kappa shape index (κ3) is 4.91. The van der Waals surface area contributed by atoms with E-state index in [9.17, 15) is 14.0 Å². The predicted octanol–water partition coefficient (Wildman–Crippen LogP) is 3.05. The van der Waals surface area contributed by atoms with Gasteiger partial charge in [0.15, 0.2) is 0 Å². The van der Waals surface area contributed by atoms with Crippen molar-refractivity contribution in [2.45, 2.75) is 26.8 Å². The second-order valence-electron chi connectivity index (χ2n) is 7.09. The first-order chi connectivity index (χ1) is 14.5. The highest BCUT2D eigenvalue weighted by Gasteiger charge is 2.17. The van der Waals surface area contributed by atoms with E-state index < -0.39 is 17.3 Å². The van der Waals surface area contributed by atoms with E-state index in [0.717, 1.165) is 26.1 Å². The number of benzene rings is 1. The van der Waals surface area contributed by atoms with Gasteiger partial charge in [0.05, 0.1) is 6.54 Å². The van der Waals surface area contributed by atoms with E-state index in [-0.39, 0.29) is 12.1 Å². The van der Waals surface area contributed by atoms with Crippen molar-refractivity contribution in [1.82, 2.24) is 19.8 Å². The van der Waals surface area contributed by atoms with E-state index in [1.54, 1.807) is 42.6 Å². The monoisotopic (exact) mass is 410 g/mol. The molecule has 0 bridgehead atoms. The SMILES string of the molecule is CCN(CC)CCCNC(=O)c1cc2cccnc2n(Cc2ccccc2F)c1=O. The highest BCUT2D eigenvalue weighted by atomic mass is 19.1. The van der Waals surface area contributed by atoms with Crippen LogP contribution in [0.25, 0.3) is 11.0 Å². The second-order valence-corrected chi connectivity index (χ2v) is 7.09. The zero-order valence-electron chi connectivity index (χ0n) is 17.4. The summed E-state index contributed by atoms with van der Waals surface area (Å²) in [5, 5.41) is 3.49. The molecular weight excluding hydrogens is 383 g/mol. The highest BCUT2D eigenvalue weighted by Crippen LogP contribution is 2.14. The first kappa shape index (κ1) is 21.6. The maximum absolute atomic E-state index is 14.2. The molecular formula is C23H27FN4O2. The summed E-state index contributed by atoms with van der Waals surface area (Å²) in [6.45, 7) is 7.49. The van der Waals surface area contributed by atoms with Gasteiger partial charge >= 0.3 is 0 Å². The molecule has 7 heteroatoms. The zero-order valence-corrected chi connectivity index (χ0v) is 17.4. The van der Waals surface area contributed by atoms with Crippen molar-refractivity contribution in [3.8, 4) is 0 Å². The quantitative estimate of drug-likeness (QED) is 0.551. The summed E-state index contributed by atoms with van der Waals surface area (Å²) < 4.78 is 15.5. The van der Waals surface area contributed by atoms with Gasteiger partial charge in [0.2, 0.25) is 0 Å². The summed E-state index contributed by atoms with van der Waals surface area (Å²) in [6, 6.07) is 11.4. The molecule has 0 spiro atoms. The molecule has 6 nitrogen and oxygen atoms in total. The summed E-state index contributed by atoms with van der Waals surface area (Å²) in [5.41, 5.74) is 0.340. The molecule has 3 rings (SSSR count). The van der Waals surface area contributed by atoms with Crippen molar-refractivity contribution in [3.05, 3.63) is 76.0 Å². The number of fused-ring (bicyclic) bond motifs is 1. The lowest BCUT2D eigenvalue weighted by molar-refractivity contribution is 0.0950. The third-order valence-corrected chi connectivity index (χ3v) is 5.21. The Hall–Kier alpha value is -3.06. The lowest BCUT2D eigenvalue weighted by Gasteiger charge is -2.17. The van der Waals surface area contributed by atoms with Gasteiger partial charge in [-0.25, -0.2) is 9.37 Å². The van der Waals surface area contributed by atoms with Gasteiger partial charge in [0.1, 0.15) is 17.0 Å². The van der Waals surface area contributed by atoms with Crippen molar-refractivity contribution in [1.29, 1.82) is 0 Å². The van der Waals surface area contributed by atoms with Crippen LogP contribution in [-0.2, 0) is 6.54 Å². The van der Waals surface area contributed by atoms with Gasteiger partial charge in [-0.05, 0) is 50.3 Å². The molecule has 0 atom stereocenters. The van der Waals surface area contributed by atoms with Crippen LogP contribution in [0.5, 0.6) is 0 Å². The largest absolute Gasteiger partial charge is 0.352 e. The Kier molecular flexibility index (Phi) is 7.30. The van der Waals surface area contributed by atoms with Crippen LogP contribution in [0, 0.1) is 5.82 Å². The Morgan fingerprint density at radius 2 is 1.93 bits per heavy atom. The standard InChI is InChI=1S/C23H27FN4O2/c1-3-27(4-2)14-8-13-26-22(29)19-15-17-10-7-12-25-21(17)28(23(19)30)16-18-9-5-6-11-20(18)24/h5-7,9-12,15H,3-4,8,13-14,16H2,1-2H3,(H,26,29). The molecule has 0 aliphatic rings. The van der Waals surface area contributed by atoms with Crippen molar-refractivity contribution < 1.29 is 9.18 Å². The molecule has 3 aromatic rings. The number of rotatable bonds is 9. The topological polar surface area (TPSA) is 67.2 Å². The molecule has 0 saturated heterocycles. The molecule has 1 amide bonds. The summed E-state index contributed by atoms with van der Waals surface area (Å²) >= 11 is 0. The summed E-state index contributed by atoms with van der Waals surface area (Å²) in [4.78, 5) is 32.4. The summed E-state index contributed by atoms with van der Waals surface area (Å²) in [5.74, 6) is -0.827. The molecule has 0 radical (unpaired) electrons. The van der Waals surface area contributed by atoms with E-state index in [4.69, 9.17) is 0 Å². The number of carbonyl (C=O) groups is 1. The number of nitrogens with zero attached hydrogens (tertiary/aromatic N) is 3. The number of amides is 1. The minimum absolute atomic E-state index is 0.00208. The average molecular weight is 410 g/mol. The molecule has 2 heterocycles. The van der Waals surface area contributed by atoms with Gasteiger partial charge in [-0.15, -0.1) is 0 Å². The first-order valence-electron chi connectivity index (χ1n) is 10.3. The van der Waals surface area contributed by atoms with Gasteiger partial charge in [-0.2, -0.15) is 0 Å². The van der Waals surface area contributed by atoms with Crippen molar-refractivity contribution in [3.63, 3.8) is 0 Å². The van der Waals surface area contributed by atoms with Crippen LogP contribution < -0.4 is 10.9 Å². The Labute approximate surface area is 175 Å². The Morgan fingerprint density at radius 3 is 2.67 bits per heavy atom. The van der Waals surface area contributed by atoms with Crippen LogP contribution in [0.4, 0.5) is 4.39 Å². The molecule has 0 saturated carbocycles. The molecule has 0 unspecified atom stereocenters. The normalized spacial score (nSPS) is 11.2. The first-order valence-corrected chi connectivity index (χ1v) is 10.3. The number of hydrogen-bond donors (Lipinski definition) is 1. The molecule has 0 aliphatic carbocycles. The number of pyridine rings is 2. The molecule has 0 aliphatic heterocycles. The highest BCUT2D eigenvalue weighted by molar-refractivity contribution is 5.96. The molecule has 158 valence electrons. The van der Waals surface area contributed by atoms with Gasteiger partial charge in [-0.1, -0.05) is 32.0 Å². The molecule has 1 N–H and O–H groups in total. The van der Waals surface area contributed by atoms with Crippen molar-refractivity contribution in [2.24, 2.45) is 0 Å². The number of nitrogens with one attached hydrogen (secondary N) is 1. The zero-order chi connectivity index (χ0) is 21.5. The smallest absolute Gasteiger partial charge is 0.265 e. The lowest BCUT2D eigenvalue weighted by atomic mass is 10.1. The van der Waals surface area contributed by atoms with Crippen LogP contribution in [0.3, 0.4) is 0 Å². The third-order valence-electron chi connectivity index (χ3n) is 5.21. The fourth-order valence-electron chi connectivity index (χ4n) is 3.45.